The van der Waals surface area contributed by atoms with Crippen LogP contribution in [0, 0.1) is 5.41 Å². The molecular formula is C20H26N2O2S. The number of benzene rings is 1. The van der Waals surface area contributed by atoms with E-state index in [4.69, 9.17) is 0 Å². The van der Waals surface area contributed by atoms with Crippen LogP contribution in [0.15, 0.2) is 29.1 Å². The van der Waals surface area contributed by atoms with Crippen molar-refractivity contribution in [3.05, 3.63) is 49.4 Å². The number of ketones is 1. The van der Waals surface area contributed by atoms with Gasteiger partial charge < -0.3 is 9.88 Å². The van der Waals surface area contributed by atoms with E-state index in [-0.39, 0.29) is 11.3 Å². The van der Waals surface area contributed by atoms with Crippen molar-refractivity contribution in [2.24, 2.45) is 5.41 Å². The molecule has 134 valence electrons. The van der Waals surface area contributed by atoms with E-state index in [2.05, 4.69) is 35.9 Å². The van der Waals surface area contributed by atoms with Crippen LogP contribution in [-0.4, -0.2) is 23.9 Å². The lowest BCUT2D eigenvalue weighted by Gasteiger charge is -2.20. The minimum absolute atomic E-state index is 0.000116. The lowest BCUT2D eigenvalue weighted by atomic mass is 9.91. The van der Waals surface area contributed by atoms with Crippen LogP contribution in [0.1, 0.15) is 40.2 Å². The molecule has 0 spiro atoms. The molecule has 1 aromatic carbocycles. The van der Waals surface area contributed by atoms with E-state index in [1.807, 2.05) is 39.0 Å². The van der Waals surface area contributed by atoms with E-state index in [1.54, 1.807) is 0 Å². The topological polar surface area (TPSA) is 53.2 Å². The number of nitrogens with zero attached hydrogens (tertiary/aromatic N) is 1. The van der Waals surface area contributed by atoms with Gasteiger partial charge in [0.1, 0.15) is 0 Å². The second-order valence-corrected chi connectivity index (χ2v) is 8.04. The number of H-pyrrole nitrogens is 1. The number of Topliss-reactive ketones (excluding diaryl/α,β-unsaturated/α-hetero) is 1. The van der Waals surface area contributed by atoms with Crippen LogP contribution in [0.4, 0.5) is 5.69 Å². The molecule has 0 amide bonds. The summed E-state index contributed by atoms with van der Waals surface area (Å²) in [6, 6.07) is 8.15. The average molecular weight is 359 g/mol. The molecule has 0 aliphatic carbocycles. The summed E-state index contributed by atoms with van der Waals surface area (Å²) < 4.78 is 1.19. The molecule has 0 atom stereocenters. The average Bonchev–Trinajstić information content (AvgIpc) is 2.88. The predicted molar refractivity (Wildman–Crippen MR) is 107 cm³/mol. The van der Waals surface area contributed by atoms with E-state index < -0.39 is 5.41 Å². The molecule has 1 aromatic heterocycles. The van der Waals surface area contributed by atoms with Crippen molar-refractivity contribution in [3.63, 3.8) is 0 Å². The Morgan fingerprint density at radius 3 is 2.28 bits per heavy atom. The second-order valence-electron chi connectivity index (χ2n) is 6.95. The first-order valence-corrected chi connectivity index (χ1v) is 9.38. The van der Waals surface area contributed by atoms with E-state index in [0.29, 0.717) is 9.20 Å². The number of hydrogen-bond acceptors (Lipinski definition) is 4. The van der Waals surface area contributed by atoms with Crippen LogP contribution in [0.5, 0.6) is 0 Å². The fourth-order valence-electron chi connectivity index (χ4n) is 2.38. The Labute approximate surface area is 152 Å². The Morgan fingerprint density at radius 1 is 1.16 bits per heavy atom. The van der Waals surface area contributed by atoms with E-state index in [1.165, 1.54) is 23.1 Å². The zero-order valence-corrected chi connectivity index (χ0v) is 16.4. The van der Waals surface area contributed by atoms with Gasteiger partial charge in [-0.1, -0.05) is 32.9 Å². The Balaban J connectivity index is 2.35. The summed E-state index contributed by atoms with van der Waals surface area (Å²) in [5, 5.41) is 0. The molecule has 4 nitrogen and oxygen atoms in total. The van der Waals surface area contributed by atoms with Crippen LogP contribution in [0.25, 0.3) is 12.2 Å². The maximum absolute atomic E-state index is 12.1. The molecule has 25 heavy (non-hydrogen) atoms. The van der Waals surface area contributed by atoms with Crippen LogP contribution in [0.3, 0.4) is 0 Å². The first-order chi connectivity index (χ1) is 11.7. The number of aromatic nitrogens is 1. The molecule has 0 fully saturated rings. The number of nitrogens with one attached hydrogen (secondary N) is 1. The fourth-order valence-corrected chi connectivity index (χ4v) is 3.27. The molecule has 5 heteroatoms. The molecule has 0 aliphatic heterocycles. The molecule has 1 N–H and O–H groups in total. The number of anilines is 1. The molecule has 2 aromatic rings. The van der Waals surface area contributed by atoms with Crippen molar-refractivity contribution < 1.29 is 4.79 Å². The van der Waals surface area contributed by atoms with Crippen molar-refractivity contribution in [2.45, 2.75) is 34.6 Å². The Morgan fingerprint density at radius 2 is 1.76 bits per heavy atom. The number of hydrogen-bond donors (Lipinski definition) is 1. The fraction of sp³-hybridized carbons (Fsp3) is 0.400. The maximum Gasteiger partial charge on any atom is 0.266 e. The summed E-state index contributed by atoms with van der Waals surface area (Å²) in [7, 11) is 0. The van der Waals surface area contributed by atoms with E-state index >= 15 is 0 Å². The third kappa shape index (κ3) is 4.92. The zero-order valence-electron chi connectivity index (χ0n) is 15.6. The highest BCUT2D eigenvalue weighted by Gasteiger charge is 2.18. The molecular weight excluding hydrogens is 332 g/mol. The lowest BCUT2D eigenvalue weighted by molar-refractivity contribution is -0.119. The van der Waals surface area contributed by atoms with Crippen LogP contribution in [-0.2, 0) is 4.79 Å². The van der Waals surface area contributed by atoms with Gasteiger partial charge in [-0.05, 0) is 37.6 Å². The summed E-state index contributed by atoms with van der Waals surface area (Å²) in [6.45, 7) is 11.8. The molecule has 0 bridgehead atoms. The highest BCUT2D eigenvalue weighted by atomic mass is 32.1. The minimum atomic E-state index is -0.453. The number of carbonyl (C=O) groups excluding carboxylic acids is 1. The predicted octanol–water partition coefficient (Wildman–Crippen LogP) is 2.51. The smallest absolute Gasteiger partial charge is 0.266 e. The SMILES string of the molecule is CCN(CC)c1ccc(/C=c2/s/c(=C/C(=O)C(C)(C)C)[nH]c2=O)cc1. The van der Waals surface area contributed by atoms with Crippen molar-refractivity contribution in [1.29, 1.82) is 0 Å². The summed E-state index contributed by atoms with van der Waals surface area (Å²) in [5.74, 6) is 0.000116. The maximum atomic E-state index is 12.1. The standard InChI is InChI=1S/C20H26N2O2S/c1-6-22(7-2)15-10-8-14(9-11-15)12-16-19(24)21-18(25-16)13-17(23)20(3,4)5/h8-13H,6-7H2,1-5H3,(H,21,24)/b16-12+,18-13+. The summed E-state index contributed by atoms with van der Waals surface area (Å²) >= 11 is 1.31. The lowest BCUT2D eigenvalue weighted by Crippen LogP contribution is -2.22. The van der Waals surface area contributed by atoms with E-state index in [9.17, 15) is 9.59 Å². The van der Waals surface area contributed by atoms with Gasteiger partial charge in [-0.15, -0.1) is 11.3 Å². The third-order valence-electron chi connectivity index (χ3n) is 4.00. The van der Waals surface area contributed by atoms with Crippen LogP contribution in [0.2, 0.25) is 0 Å². The molecule has 0 unspecified atom stereocenters. The van der Waals surface area contributed by atoms with Gasteiger partial charge in [0.25, 0.3) is 5.56 Å². The van der Waals surface area contributed by atoms with Gasteiger partial charge in [-0.2, -0.15) is 0 Å². The Bertz CT molecular complexity index is 895. The highest BCUT2D eigenvalue weighted by molar-refractivity contribution is 7.07. The zero-order chi connectivity index (χ0) is 18.6. The van der Waals surface area contributed by atoms with Gasteiger partial charge in [-0.3, -0.25) is 9.59 Å². The van der Waals surface area contributed by atoms with Crippen LogP contribution >= 0.6 is 11.3 Å². The monoisotopic (exact) mass is 358 g/mol. The highest BCUT2D eigenvalue weighted by Crippen LogP contribution is 2.15. The van der Waals surface area contributed by atoms with Gasteiger partial charge in [-0.25, -0.2) is 0 Å². The van der Waals surface area contributed by atoms with Gasteiger partial charge >= 0.3 is 0 Å². The van der Waals surface area contributed by atoms with Gasteiger partial charge in [0.2, 0.25) is 0 Å². The number of aromatic amines is 1. The Hall–Kier alpha value is -2.14. The normalized spacial score (nSPS) is 13.3. The molecule has 0 saturated heterocycles. The van der Waals surface area contributed by atoms with Gasteiger partial charge in [0.15, 0.2) is 5.78 Å². The van der Waals surface area contributed by atoms with E-state index in [0.717, 1.165) is 18.7 Å². The number of carbonyl (C=O) groups is 1. The number of rotatable bonds is 5. The molecule has 2 rings (SSSR count). The summed E-state index contributed by atoms with van der Waals surface area (Å²) in [5.41, 5.74) is 1.53. The van der Waals surface area contributed by atoms with Crippen molar-refractivity contribution in [3.8, 4) is 0 Å². The molecule has 1 heterocycles. The van der Waals surface area contributed by atoms with Crippen molar-refractivity contribution in [1.82, 2.24) is 4.98 Å². The number of thiazole rings is 1. The summed E-state index contributed by atoms with van der Waals surface area (Å²) in [4.78, 5) is 29.2. The van der Waals surface area contributed by atoms with Crippen molar-refractivity contribution >= 4 is 35.0 Å². The largest absolute Gasteiger partial charge is 0.372 e. The molecule has 0 aliphatic rings. The molecule has 0 radical (unpaired) electrons. The van der Waals surface area contributed by atoms with Gasteiger partial charge in [0, 0.05) is 30.3 Å². The van der Waals surface area contributed by atoms with Gasteiger partial charge in [0.05, 0.1) is 9.20 Å². The second kappa shape index (κ2) is 7.83. The van der Waals surface area contributed by atoms with Crippen molar-refractivity contribution in [2.75, 3.05) is 18.0 Å². The van der Waals surface area contributed by atoms with Crippen LogP contribution < -0.4 is 19.7 Å². The summed E-state index contributed by atoms with van der Waals surface area (Å²) in [6.07, 6.45) is 3.38. The minimum Gasteiger partial charge on any atom is -0.372 e. The quantitative estimate of drug-likeness (QED) is 0.893. The third-order valence-corrected chi connectivity index (χ3v) is 4.96. The first kappa shape index (κ1) is 19.2. The first-order valence-electron chi connectivity index (χ1n) is 8.56. The Kier molecular flexibility index (Phi) is 6.01. The molecule has 0 saturated carbocycles.